The van der Waals surface area contributed by atoms with E-state index in [1.54, 1.807) is 19.1 Å². The number of nitrogens with zero attached hydrogens (tertiary/aromatic N) is 1. The Morgan fingerprint density at radius 2 is 1.77 bits per heavy atom. The number of aryl methyl sites for hydroxylation is 1. The number of methoxy groups -OCH3 is 1. The first-order chi connectivity index (χ1) is 16.7. The lowest BCUT2D eigenvalue weighted by molar-refractivity contribution is -0.137. The van der Waals surface area contributed by atoms with Crippen LogP contribution in [0.25, 0.3) is 5.69 Å². The minimum Gasteiger partial charge on any atom is -0.489 e. The van der Waals surface area contributed by atoms with Gasteiger partial charge in [-0.25, -0.2) is 0 Å². The Balaban J connectivity index is 1.64. The zero-order chi connectivity index (χ0) is 25.2. The van der Waals surface area contributed by atoms with E-state index >= 15 is 0 Å². The summed E-state index contributed by atoms with van der Waals surface area (Å²) in [6.07, 6.45) is -4.57. The molecule has 2 heterocycles. The molecule has 0 saturated heterocycles. The number of aromatic nitrogens is 1. The Labute approximate surface area is 200 Å². The van der Waals surface area contributed by atoms with Crippen LogP contribution in [0.5, 0.6) is 17.2 Å². The lowest BCUT2D eigenvalue weighted by Crippen LogP contribution is -2.16. The summed E-state index contributed by atoms with van der Waals surface area (Å²) in [4.78, 5) is 13.2. The molecule has 0 aliphatic carbocycles. The highest BCUT2D eigenvalue weighted by Gasteiger charge is 2.31. The van der Waals surface area contributed by atoms with Gasteiger partial charge in [-0.2, -0.15) is 13.2 Å². The van der Waals surface area contributed by atoms with Gasteiger partial charge in [-0.05, 0) is 50.2 Å². The van der Waals surface area contributed by atoms with E-state index < -0.39 is 17.6 Å². The van der Waals surface area contributed by atoms with Crippen molar-refractivity contribution in [1.82, 2.24) is 4.57 Å². The third kappa shape index (κ3) is 5.22. The molecule has 1 aromatic heterocycles. The molecule has 3 aromatic rings. The van der Waals surface area contributed by atoms with Gasteiger partial charge >= 0.3 is 6.18 Å². The van der Waals surface area contributed by atoms with Crippen molar-refractivity contribution in [2.45, 2.75) is 20.0 Å². The number of carbonyl (C=O) groups excluding carboxylic acids is 1. The number of halogens is 3. The van der Waals surface area contributed by atoms with Gasteiger partial charge in [-0.15, -0.1) is 0 Å². The van der Waals surface area contributed by atoms with E-state index in [1.165, 1.54) is 13.2 Å². The molecule has 186 valence electrons. The molecule has 0 unspecified atom stereocenters. The zero-order valence-corrected chi connectivity index (χ0v) is 19.5. The van der Waals surface area contributed by atoms with Crippen LogP contribution in [0.2, 0.25) is 0 Å². The van der Waals surface area contributed by atoms with Crippen molar-refractivity contribution >= 4 is 11.6 Å². The molecule has 0 radical (unpaired) electrons. The quantitative estimate of drug-likeness (QED) is 0.463. The molecule has 0 spiro atoms. The first-order valence-electron chi connectivity index (χ1n) is 10.9. The van der Waals surface area contributed by atoms with Crippen LogP contribution < -0.4 is 19.5 Å². The van der Waals surface area contributed by atoms with Gasteiger partial charge < -0.3 is 28.8 Å². The summed E-state index contributed by atoms with van der Waals surface area (Å²) in [6.45, 7) is 4.88. The minimum absolute atomic E-state index is 0.0786. The van der Waals surface area contributed by atoms with Crippen molar-refractivity contribution in [3.63, 3.8) is 0 Å². The number of hydrogen-bond donors (Lipinski definition) is 1. The first kappa shape index (κ1) is 24.5. The second-order valence-corrected chi connectivity index (χ2v) is 7.95. The van der Waals surface area contributed by atoms with Gasteiger partial charge in [0.05, 0.1) is 23.4 Å². The molecular weight excluding hydrogens is 465 g/mol. The fraction of sp³-hybridized carbons (Fsp3) is 0.320. The van der Waals surface area contributed by atoms with Crippen LogP contribution in [0.1, 0.15) is 27.3 Å². The van der Waals surface area contributed by atoms with Crippen molar-refractivity contribution in [3.8, 4) is 22.9 Å². The van der Waals surface area contributed by atoms with Crippen molar-refractivity contribution in [1.29, 1.82) is 0 Å². The van der Waals surface area contributed by atoms with Crippen LogP contribution in [-0.2, 0) is 10.9 Å². The SMILES string of the molecule is COCCOc1ccc(C(F)(F)F)cc1NC(=O)c1cc(C)n(-c2ccc3c(c2)OCCO3)c1C. The van der Waals surface area contributed by atoms with Gasteiger partial charge in [0.2, 0.25) is 0 Å². The second-order valence-electron chi connectivity index (χ2n) is 7.95. The van der Waals surface area contributed by atoms with Gasteiger partial charge in [-0.3, -0.25) is 4.79 Å². The van der Waals surface area contributed by atoms with Gasteiger partial charge in [0.25, 0.3) is 5.91 Å². The number of rotatable bonds is 7. The fourth-order valence-electron chi connectivity index (χ4n) is 3.92. The van der Waals surface area contributed by atoms with Crippen molar-refractivity contribution in [2.75, 3.05) is 38.9 Å². The summed E-state index contributed by atoms with van der Waals surface area (Å²) in [5.41, 5.74) is 1.50. The van der Waals surface area contributed by atoms with Crippen LogP contribution in [0.15, 0.2) is 42.5 Å². The number of ether oxygens (including phenoxy) is 4. The van der Waals surface area contributed by atoms with Gasteiger partial charge in [0.1, 0.15) is 25.6 Å². The van der Waals surface area contributed by atoms with Crippen LogP contribution in [0, 0.1) is 13.8 Å². The molecule has 10 heteroatoms. The predicted molar refractivity (Wildman–Crippen MR) is 123 cm³/mol. The van der Waals surface area contributed by atoms with E-state index in [4.69, 9.17) is 18.9 Å². The van der Waals surface area contributed by atoms with E-state index in [2.05, 4.69) is 5.32 Å². The highest BCUT2D eigenvalue weighted by molar-refractivity contribution is 6.06. The summed E-state index contributed by atoms with van der Waals surface area (Å²) < 4.78 is 63.4. The number of amides is 1. The standard InChI is InChI=1S/C25H25F3N2O5/c1-15-12-19(16(2)30(15)18-5-7-22-23(14-18)35-11-10-34-22)24(31)29-20-13-17(25(26,27)28)4-6-21(20)33-9-8-32-3/h4-7,12-14H,8-11H2,1-3H3,(H,29,31). The summed E-state index contributed by atoms with van der Waals surface area (Å²) in [6, 6.07) is 10.1. The lowest BCUT2D eigenvalue weighted by atomic mass is 10.1. The van der Waals surface area contributed by atoms with E-state index in [0.717, 1.165) is 23.5 Å². The highest BCUT2D eigenvalue weighted by atomic mass is 19.4. The van der Waals surface area contributed by atoms with Crippen LogP contribution in [-0.4, -0.2) is 44.0 Å². The monoisotopic (exact) mass is 490 g/mol. The number of nitrogens with one attached hydrogen (secondary N) is 1. The summed E-state index contributed by atoms with van der Waals surface area (Å²) in [7, 11) is 1.48. The average Bonchev–Trinajstić information content (AvgIpc) is 3.13. The van der Waals surface area contributed by atoms with Gasteiger partial charge in [0, 0.05) is 30.3 Å². The van der Waals surface area contributed by atoms with E-state index in [-0.39, 0.29) is 24.7 Å². The molecule has 7 nitrogen and oxygen atoms in total. The molecule has 0 atom stereocenters. The molecule has 1 N–H and O–H groups in total. The van der Waals surface area contributed by atoms with Crippen molar-refractivity contribution in [2.24, 2.45) is 0 Å². The Bertz CT molecular complexity index is 1240. The number of carbonyl (C=O) groups is 1. The first-order valence-corrected chi connectivity index (χ1v) is 10.9. The second kappa shape index (κ2) is 9.91. The van der Waals surface area contributed by atoms with Crippen molar-refractivity contribution in [3.05, 3.63) is 65.0 Å². The Hall–Kier alpha value is -3.66. The summed E-state index contributed by atoms with van der Waals surface area (Å²) in [5.74, 6) is 0.807. The molecule has 1 aliphatic heterocycles. The maximum Gasteiger partial charge on any atom is 0.416 e. The smallest absolute Gasteiger partial charge is 0.416 e. The molecule has 1 aliphatic rings. The van der Waals surface area contributed by atoms with Gasteiger partial charge in [0.15, 0.2) is 11.5 Å². The molecule has 0 bridgehead atoms. The molecule has 35 heavy (non-hydrogen) atoms. The normalized spacial score (nSPS) is 13.0. The van der Waals surface area contributed by atoms with E-state index in [9.17, 15) is 18.0 Å². The molecule has 2 aromatic carbocycles. The number of hydrogen-bond acceptors (Lipinski definition) is 5. The minimum atomic E-state index is -4.57. The topological polar surface area (TPSA) is 71.0 Å². The Morgan fingerprint density at radius 3 is 2.49 bits per heavy atom. The molecule has 0 fully saturated rings. The van der Waals surface area contributed by atoms with E-state index in [1.807, 2.05) is 23.6 Å². The number of fused-ring (bicyclic) bond motifs is 1. The summed E-state index contributed by atoms with van der Waals surface area (Å²) >= 11 is 0. The number of benzene rings is 2. The number of anilines is 1. The average molecular weight is 490 g/mol. The highest BCUT2D eigenvalue weighted by Crippen LogP contribution is 2.36. The molecule has 1 amide bonds. The summed E-state index contributed by atoms with van der Waals surface area (Å²) in [5, 5.41) is 2.59. The van der Waals surface area contributed by atoms with Crippen LogP contribution >= 0.6 is 0 Å². The van der Waals surface area contributed by atoms with Crippen molar-refractivity contribution < 1.29 is 36.9 Å². The fourth-order valence-corrected chi connectivity index (χ4v) is 3.92. The third-order valence-corrected chi connectivity index (χ3v) is 5.56. The predicted octanol–water partition coefficient (Wildman–Crippen LogP) is 5.16. The number of alkyl halides is 3. The Kier molecular flexibility index (Phi) is 6.93. The lowest BCUT2D eigenvalue weighted by Gasteiger charge is -2.20. The zero-order valence-electron chi connectivity index (χ0n) is 19.5. The van der Waals surface area contributed by atoms with Gasteiger partial charge in [-0.1, -0.05) is 0 Å². The third-order valence-electron chi connectivity index (χ3n) is 5.56. The van der Waals surface area contributed by atoms with Crippen LogP contribution in [0.3, 0.4) is 0 Å². The molecule has 4 rings (SSSR count). The molecular formula is C25H25F3N2O5. The molecule has 0 saturated carbocycles. The van der Waals surface area contributed by atoms with E-state index in [0.29, 0.717) is 36.0 Å². The Morgan fingerprint density at radius 1 is 1.03 bits per heavy atom. The van der Waals surface area contributed by atoms with Crippen LogP contribution in [0.4, 0.5) is 18.9 Å². The largest absolute Gasteiger partial charge is 0.489 e. The maximum absolute atomic E-state index is 13.3. The maximum atomic E-state index is 13.3.